The van der Waals surface area contributed by atoms with Crippen LogP contribution in [-0.2, 0) is 14.6 Å². The molecule has 30 heavy (non-hydrogen) atoms. The average molecular weight is 437 g/mol. The highest BCUT2D eigenvalue weighted by Crippen LogP contribution is 2.38. The van der Waals surface area contributed by atoms with Gasteiger partial charge in [-0.3, -0.25) is 9.97 Å². The SMILES string of the molecule is CC(C)(c1cc(-c2cccc(-c3cnccc3Cl)c2)cc2cccnc12)S(C)(=O)=O. The second-order valence-corrected chi connectivity index (χ2v) is 10.8. The van der Waals surface area contributed by atoms with E-state index >= 15 is 0 Å². The first-order chi connectivity index (χ1) is 14.2. The van der Waals surface area contributed by atoms with Gasteiger partial charge in [0.25, 0.3) is 0 Å². The third-order valence-electron chi connectivity index (χ3n) is 5.56. The standard InChI is InChI=1S/C24H21ClN2O2S/c1-24(2,30(3,28)29)21-14-19(13-18-8-5-10-27-23(18)21)16-6-4-7-17(12-16)20-15-26-11-9-22(20)25/h4-15H,1-3H3. The van der Waals surface area contributed by atoms with E-state index in [-0.39, 0.29) is 0 Å². The summed E-state index contributed by atoms with van der Waals surface area (Å²) in [6.07, 6.45) is 6.35. The molecule has 4 aromatic rings. The van der Waals surface area contributed by atoms with Crippen molar-refractivity contribution in [2.45, 2.75) is 18.6 Å². The van der Waals surface area contributed by atoms with Gasteiger partial charge in [0.2, 0.25) is 0 Å². The zero-order valence-electron chi connectivity index (χ0n) is 16.9. The maximum Gasteiger partial charge on any atom is 0.156 e. The lowest BCUT2D eigenvalue weighted by Gasteiger charge is -2.25. The number of nitrogens with zero attached hydrogens (tertiary/aromatic N) is 2. The molecule has 0 saturated heterocycles. The van der Waals surface area contributed by atoms with Crippen molar-refractivity contribution in [2.24, 2.45) is 0 Å². The number of sulfone groups is 1. The summed E-state index contributed by atoms with van der Waals surface area (Å²) in [5.41, 5.74) is 5.06. The van der Waals surface area contributed by atoms with Crippen LogP contribution in [0.15, 0.2) is 73.2 Å². The molecule has 0 amide bonds. The molecule has 0 bridgehead atoms. The first kappa shape index (κ1) is 20.5. The minimum absolute atomic E-state index is 0.628. The third-order valence-corrected chi connectivity index (χ3v) is 7.96. The molecule has 2 aromatic carbocycles. The maximum absolute atomic E-state index is 12.6. The normalized spacial score (nSPS) is 12.3. The van der Waals surface area contributed by atoms with Crippen LogP contribution in [0.1, 0.15) is 19.4 Å². The van der Waals surface area contributed by atoms with Crippen molar-refractivity contribution in [1.29, 1.82) is 0 Å². The monoisotopic (exact) mass is 436 g/mol. The molecular formula is C24H21ClN2O2S. The number of rotatable bonds is 4. The van der Waals surface area contributed by atoms with Gasteiger partial charge < -0.3 is 0 Å². The van der Waals surface area contributed by atoms with E-state index in [9.17, 15) is 8.42 Å². The number of benzene rings is 2. The largest absolute Gasteiger partial charge is 0.264 e. The average Bonchev–Trinajstić information content (AvgIpc) is 2.72. The lowest BCUT2D eigenvalue weighted by atomic mass is 9.92. The van der Waals surface area contributed by atoms with Gasteiger partial charge in [-0.25, -0.2) is 8.42 Å². The fourth-order valence-corrected chi connectivity index (χ4v) is 4.24. The predicted molar refractivity (Wildman–Crippen MR) is 123 cm³/mol. The van der Waals surface area contributed by atoms with Crippen LogP contribution in [0, 0.1) is 0 Å². The van der Waals surface area contributed by atoms with Crippen LogP contribution in [-0.4, -0.2) is 24.6 Å². The molecule has 0 radical (unpaired) electrons. The van der Waals surface area contributed by atoms with Crippen LogP contribution in [0.5, 0.6) is 0 Å². The topological polar surface area (TPSA) is 59.9 Å². The van der Waals surface area contributed by atoms with E-state index in [1.807, 2.05) is 48.5 Å². The molecule has 0 aliphatic rings. The third kappa shape index (κ3) is 3.59. The van der Waals surface area contributed by atoms with Crippen molar-refractivity contribution in [3.05, 3.63) is 83.8 Å². The number of fused-ring (bicyclic) bond motifs is 1. The Bertz CT molecular complexity index is 1360. The Morgan fingerprint density at radius 3 is 2.40 bits per heavy atom. The predicted octanol–water partition coefficient (Wildman–Crippen LogP) is 5.90. The highest BCUT2D eigenvalue weighted by molar-refractivity contribution is 7.91. The summed E-state index contributed by atoms with van der Waals surface area (Å²) in [4.78, 5) is 8.66. The summed E-state index contributed by atoms with van der Waals surface area (Å²) < 4.78 is 24.1. The van der Waals surface area contributed by atoms with Gasteiger partial charge in [-0.05, 0) is 66.4 Å². The van der Waals surface area contributed by atoms with Gasteiger partial charge in [0.1, 0.15) is 0 Å². The molecule has 2 aromatic heterocycles. The molecule has 4 rings (SSSR count). The van der Waals surface area contributed by atoms with Gasteiger partial charge in [0.15, 0.2) is 9.84 Å². The summed E-state index contributed by atoms with van der Waals surface area (Å²) in [7, 11) is -3.37. The lowest BCUT2D eigenvalue weighted by molar-refractivity contribution is 0.562. The maximum atomic E-state index is 12.6. The highest BCUT2D eigenvalue weighted by Gasteiger charge is 2.34. The van der Waals surface area contributed by atoms with E-state index in [1.54, 1.807) is 38.5 Å². The molecule has 0 spiro atoms. The molecule has 0 unspecified atom stereocenters. The number of pyridine rings is 2. The molecule has 152 valence electrons. The Morgan fingerprint density at radius 1 is 0.900 bits per heavy atom. The fourth-order valence-electron chi connectivity index (χ4n) is 3.47. The summed E-state index contributed by atoms with van der Waals surface area (Å²) in [5, 5.41) is 1.52. The molecule has 0 saturated carbocycles. The summed E-state index contributed by atoms with van der Waals surface area (Å²) >= 11 is 6.36. The van der Waals surface area contributed by atoms with E-state index in [2.05, 4.69) is 9.97 Å². The molecule has 6 heteroatoms. The van der Waals surface area contributed by atoms with Crippen LogP contribution >= 0.6 is 11.6 Å². The van der Waals surface area contributed by atoms with Crippen LogP contribution in [0.2, 0.25) is 5.02 Å². The Morgan fingerprint density at radius 2 is 1.67 bits per heavy atom. The first-order valence-corrected chi connectivity index (χ1v) is 11.7. The minimum atomic E-state index is -3.37. The molecule has 0 atom stereocenters. The quantitative estimate of drug-likeness (QED) is 0.399. The molecule has 0 N–H and O–H groups in total. The van der Waals surface area contributed by atoms with Crippen molar-refractivity contribution < 1.29 is 8.42 Å². The number of hydrogen-bond donors (Lipinski definition) is 0. The van der Waals surface area contributed by atoms with Gasteiger partial charge in [-0.1, -0.05) is 35.9 Å². The fraction of sp³-hybridized carbons (Fsp3) is 0.167. The molecule has 4 nitrogen and oxygen atoms in total. The van der Waals surface area contributed by atoms with Crippen molar-refractivity contribution in [2.75, 3.05) is 6.26 Å². The Balaban J connectivity index is 1.95. The minimum Gasteiger partial charge on any atom is -0.264 e. The van der Waals surface area contributed by atoms with Gasteiger partial charge in [-0.15, -0.1) is 0 Å². The van der Waals surface area contributed by atoms with E-state index in [0.717, 1.165) is 27.6 Å². The number of hydrogen-bond acceptors (Lipinski definition) is 4. The molecule has 2 heterocycles. The van der Waals surface area contributed by atoms with Gasteiger partial charge in [0, 0.05) is 35.8 Å². The summed E-state index contributed by atoms with van der Waals surface area (Å²) in [6, 6.07) is 17.5. The summed E-state index contributed by atoms with van der Waals surface area (Å²) in [5.74, 6) is 0. The Hall–Kier alpha value is -2.76. The van der Waals surface area contributed by atoms with E-state index in [1.165, 1.54) is 6.26 Å². The molecular weight excluding hydrogens is 416 g/mol. The Labute approximate surface area is 181 Å². The second kappa shape index (κ2) is 7.49. The summed E-state index contributed by atoms with van der Waals surface area (Å²) in [6.45, 7) is 3.45. The van der Waals surface area contributed by atoms with Crippen molar-refractivity contribution in [3.8, 4) is 22.3 Å². The van der Waals surface area contributed by atoms with Crippen LogP contribution in [0.25, 0.3) is 33.2 Å². The first-order valence-electron chi connectivity index (χ1n) is 9.47. The van der Waals surface area contributed by atoms with Crippen molar-refractivity contribution in [1.82, 2.24) is 9.97 Å². The van der Waals surface area contributed by atoms with E-state index < -0.39 is 14.6 Å². The van der Waals surface area contributed by atoms with E-state index in [4.69, 9.17) is 11.6 Å². The smallest absolute Gasteiger partial charge is 0.156 e. The van der Waals surface area contributed by atoms with Gasteiger partial charge >= 0.3 is 0 Å². The molecule has 0 aliphatic heterocycles. The number of halogens is 1. The zero-order chi connectivity index (χ0) is 21.5. The number of aromatic nitrogens is 2. The van der Waals surface area contributed by atoms with Gasteiger partial charge in [-0.2, -0.15) is 0 Å². The molecule has 0 fully saturated rings. The lowest BCUT2D eigenvalue weighted by Crippen LogP contribution is -2.28. The van der Waals surface area contributed by atoms with Crippen LogP contribution in [0.3, 0.4) is 0 Å². The van der Waals surface area contributed by atoms with Crippen molar-refractivity contribution in [3.63, 3.8) is 0 Å². The second-order valence-electron chi connectivity index (χ2n) is 7.82. The van der Waals surface area contributed by atoms with Crippen molar-refractivity contribution >= 4 is 32.3 Å². The highest BCUT2D eigenvalue weighted by atomic mass is 35.5. The Kier molecular flexibility index (Phi) is 5.12. The van der Waals surface area contributed by atoms with Gasteiger partial charge in [0.05, 0.1) is 15.3 Å². The van der Waals surface area contributed by atoms with E-state index in [0.29, 0.717) is 16.1 Å². The van der Waals surface area contributed by atoms with Crippen LogP contribution in [0.4, 0.5) is 0 Å². The zero-order valence-corrected chi connectivity index (χ0v) is 18.5. The molecule has 0 aliphatic carbocycles. The van der Waals surface area contributed by atoms with Crippen LogP contribution < -0.4 is 0 Å².